The number of carbonyl (C=O) groups is 1. The molecule has 1 heterocycles. The van der Waals surface area contributed by atoms with Crippen LogP contribution in [0.15, 0.2) is 30.6 Å². The molecule has 6 nitrogen and oxygen atoms in total. The molecular weight excluding hydrogens is 306 g/mol. The third-order valence-electron chi connectivity index (χ3n) is 3.43. The summed E-state index contributed by atoms with van der Waals surface area (Å²) >= 11 is 0. The quantitative estimate of drug-likeness (QED) is 0.415. The fraction of sp³-hybridized carbons (Fsp3) is 0.389. The first-order valence-electron chi connectivity index (χ1n) is 8.06. The standard InChI is InChI=1S/C18H21N3O3/c1-4-6-7-10-24-17-9-8-15(11-16(17)19-3)21-13-14(12-20-21)18(22)23-5-2/h8-9,11-13H,4-7,10H2,1-2H3. The van der Waals surface area contributed by atoms with E-state index in [0.717, 1.165) is 19.3 Å². The summed E-state index contributed by atoms with van der Waals surface area (Å²) in [5.41, 5.74) is 1.50. The van der Waals surface area contributed by atoms with Crippen molar-refractivity contribution in [2.45, 2.75) is 33.1 Å². The van der Waals surface area contributed by atoms with E-state index in [2.05, 4.69) is 16.9 Å². The molecule has 0 N–H and O–H groups in total. The molecule has 6 heteroatoms. The lowest BCUT2D eigenvalue weighted by atomic mass is 10.2. The number of unbranched alkanes of at least 4 members (excludes halogenated alkanes) is 2. The molecule has 1 aromatic heterocycles. The van der Waals surface area contributed by atoms with Gasteiger partial charge in [-0.3, -0.25) is 0 Å². The Morgan fingerprint density at radius 1 is 1.33 bits per heavy atom. The van der Waals surface area contributed by atoms with Crippen LogP contribution in [0.2, 0.25) is 0 Å². The molecule has 126 valence electrons. The molecule has 0 saturated heterocycles. The van der Waals surface area contributed by atoms with Crippen LogP contribution in [0.3, 0.4) is 0 Å². The summed E-state index contributed by atoms with van der Waals surface area (Å²) in [6, 6.07) is 5.27. The van der Waals surface area contributed by atoms with E-state index >= 15 is 0 Å². The third kappa shape index (κ3) is 4.35. The maximum atomic E-state index is 11.7. The van der Waals surface area contributed by atoms with E-state index in [-0.39, 0.29) is 0 Å². The van der Waals surface area contributed by atoms with Crippen LogP contribution < -0.4 is 4.74 Å². The first-order chi connectivity index (χ1) is 11.7. The Balaban J connectivity index is 2.14. The van der Waals surface area contributed by atoms with Gasteiger partial charge in [0.15, 0.2) is 0 Å². The van der Waals surface area contributed by atoms with Crippen LogP contribution in [0.4, 0.5) is 5.69 Å². The van der Waals surface area contributed by atoms with Gasteiger partial charge in [-0.2, -0.15) is 5.10 Å². The Kier molecular flexibility index (Phi) is 6.38. The van der Waals surface area contributed by atoms with Crippen molar-refractivity contribution in [1.29, 1.82) is 0 Å². The molecule has 1 aromatic carbocycles. The van der Waals surface area contributed by atoms with Gasteiger partial charge in [-0.05, 0) is 31.5 Å². The molecule has 0 unspecified atom stereocenters. The predicted octanol–water partition coefficient (Wildman–Crippen LogP) is 4.17. The van der Waals surface area contributed by atoms with Gasteiger partial charge < -0.3 is 9.47 Å². The van der Waals surface area contributed by atoms with Gasteiger partial charge >= 0.3 is 5.97 Å². The van der Waals surface area contributed by atoms with Crippen molar-refractivity contribution in [1.82, 2.24) is 9.78 Å². The number of rotatable bonds is 8. The number of nitrogens with zero attached hydrogens (tertiary/aromatic N) is 3. The summed E-state index contributed by atoms with van der Waals surface area (Å²) in [5.74, 6) is 0.160. The molecule has 0 bridgehead atoms. The molecule has 2 aromatic rings. The number of benzene rings is 1. The van der Waals surface area contributed by atoms with Gasteiger partial charge in [-0.25, -0.2) is 14.3 Å². The Morgan fingerprint density at radius 3 is 2.88 bits per heavy atom. The minimum absolute atomic E-state index is 0.315. The molecule has 0 saturated carbocycles. The highest BCUT2D eigenvalue weighted by Crippen LogP contribution is 2.30. The van der Waals surface area contributed by atoms with Crippen molar-refractivity contribution in [2.75, 3.05) is 13.2 Å². The fourth-order valence-corrected chi connectivity index (χ4v) is 2.18. The number of hydrogen-bond donors (Lipinski definition) is 0. The monoisotopic (exact) mass is 327 g/mol. The highest BCUT2D eigenvalue weighted by atomic mass is 16.5. The largest absolute Gasteiger partial charge is 0.505 e. The molecule has 0 atom stereocenters. The van der Waals surface area contributed by atoms with E-state index in [1.165, 1.54) is 6.20 Å². The SMILES string of the molecule is [C-]#[N+]c1cc(-n2cc(C(=O)OCC)cn2)ccc1OCCCCC. The van der Waals surface area contributed by atoms with Crippen LogP contribution in [0.25, 0.3) is 10.5 Å². The van der Waals surface area contributed by atoms with Gasteiger partial charge in [0.1, 0.15) is 5.75 Å². The van der Waals surface area contributed by atoms with Gasteiger partial charge in [0.25, 0.3) is 0 Å². The Hall–Kier alpha value is -2.81. The Morgan fingerprint density at radius 2 is 2.17 bits per heavy atom. The molecular formula is C18H21N3O3. The van der Waals surface area contributed by atoms with Gasteiger partial charge in [0.2, 0.25) is 5.69 Å². The number of ether oxygens (including phenoxy) is 2. The van der Waals surface area contributed by atoms with Gasteiger partial charge in [-0.1, -0.05) is 19.8 Å². The Bertz CT molecular complexity index is 731. The topological polar surface area (TPSA) is 57.7 Å². The predicted molar refractivity (Wildman–Crippen MR) is 90.8 cm³/mol. The summed E-state index contributed by atoms with van der Waals surface area (Å²) < 4.78 is 12.2. The van der Waals surface area contributed by atoms with Gasteiger partial charge in [0, 0.05) is 6.20 Å². The molecule has 0 amide bonds. The van der Waals surface area contributed by atoms with Crippen molar-refractivity contribution in [3.63, 3.8) is 0 Å². The molecule has 24 heavy (non-hydrogen) atoms. The zero-order chi connectivity index (χ0) is 17.4. The molecule has 0 aliphatic rings. The minimum atomic E-state index is -0.412. The van der Waals surface area contributed by atoms with Crippen molar-refractivity contribution >= 4 is 11.7 Å². The maximum absolute atomic E-state index is 11.7. The summed E-state index contributed by atoms with van der Waals surface area (Å²) in [6.07, 6.45) is 6.24. The van der Waals surface area contributed by atoms with Gasteiger partial charge in [-0.15, -0.1) is 0 Å². The lowest BCUT2D eigenvalue weighted by Crippen LogP contribution is -2.03. The second kappa shape index (κ2) is 8.73. The van der Waals surface area contributed by atoms with E-state index < -0.39 is 5.97 Å². The van der Waals surface area contributed by atoms with Gasteiger partial charge in [0.05, 0.1) is 37.2 Å². The first-order valence-corrected chi connectivity index (χ1v) is 8.06. The molecule has 0 spiro atoms. The highest BCUT2D eigenvalue weighted by Gasteiger charge is 2.12. The van der Waals surface area contributed by atoms with Crippen LogP contribution in [0, 0.1) is 6.57 Å². The van der Waals surface area contributed by atoms with E-state index in [0.29, 0.717) is 35.9 Å². The zero-order valence-electron chi connectivity index (χ0n) is 14.0. The Labute approximate surface area is 141 Å². The number of hydrogen-bond acceptors (Lipinski definition) is 4. The molecule has 2 rings (SSSR count). The lowest BCUT2D eigenvalue weighted by Gasteiger charge is -2.09. The van der Waals surface area contributed by atoms with Crippen LogP contribution in [0.5, 0.6) is 5.75 Å². The number of carbonyl (C=O) groups excluding carboxylic acids is 1. The van der Waals surface area contributed by atoms with Crippen molar-refractivity contribution in [3.05, 3.63) is 47.6 Å². The van der Waals surface area contributed by atoms with E-state index in [4.69, 9.17) is 16.0 Å². The second-order valence-corrected chi connectivity index (χ2v) is 5.21. The summed E-state index contributed by atoms with van der Waals surface area (Å²) in [7, 11) is 0. The summed E-state index contributed by atoms with van der Waals surface area (Å²) in [4.78, 5) is 15.2. The van der Waals surface area contributed by atoms with Crippen LogP contribution in [-0.2, 0) is 4.74 Å². The van der Waals surface area contributed by atoms with Crippen molar-refractivity contribution in [2.24, 2.45) is 0 Å². The van der Waals surface area contributed by atoms with E-state index in [1.54, 1.807) is 29.9 Å². The average molecular weight is 327 g/mol. The smallest absolute Gasteiger partial charge is 0.341 e. The first kappa shape index (κ1) is 17.5. The summed E-state index contributed by atoms with van der Waals surface area (Å²) in [5, 5.41) is 4.15. The second-order valence-electron chi connectivity index (χ2n) is 5.21. The van der Waals surface area contributed by atoms with E-state index in [9.17, 15) is 4.79 Å². The maximum Gasteiger partial charge on any atom is 0.341 e. The van der Waals surface area contributed by atoms with E-state index in [1.807, 2.05) is 6.07 Å². The molecule has 0 fully saturated rings. The third-order valence-corrected chi connectivity index (χ3v) is 3.43. The minimum Gasteiger partial charge on any atom is -0.505 e. The molecule has 0 radical (unpaired) electrons. The van der Waals surface area contributed by atoms with Crippen LogP contribution >= 0.6 is 0 Å². The van der Waals surface area contributed by atoms with Crippen LogP contribution in [-0.4, -0.2) is 29.0 Å². The normalized spacial score (nSPS) is 10.2. The lowest BCUT2D eigenvalue weighted by molar-refractivity contribution is 0.0526. The number of aromatic nitrogens is 2. The highest BCUT2D eigenvalue weighted by molar-refractivity contribution is 5.88. The van der Waals surface area contributed by atoms with Crippen molar-refractivity contribution in [3.8, 4) is 11.4 Å². The molecule has 0 aliphatic heterocycles. The number of esters is 1. The molecule has 0 aliphatic carbocycles. The average Bonchev–Trinajstić information content (AvgIpc) is 3.09. The van der Waals surface area contributed by atoms with Crippen molar-refractivity contribution < 1.29 is 14.3 Å². The summed E-state index contributed by atoms with van der Waals surface area (Å²) in [6.45, 7) is 12.1. The zero-order valence-corrected chi connectivity index (χ0v) is 14.0. The fourth-order valence-electron chi connectivity index (χ4n) is 2.18. The van der Waals surface area contributed by atoms with Crippen LogP contribution in [0.1, 0.15) is 43.5 Å².